The van der Waals surface area contributed by atoms with Crippen LogP contribution in [0.15, 0.2) is 48.7 Å². The Kier molecular flexibility index (Phi) is 9.12. The van der Waals surface area contributed by atoms with Gasteiger partial charge in [-0.25, -0.2) is 4.98 Å². The van der Waals surface area contributed by atoms with E-state index in [0.717, 1.165) is 18.1 Å². The molecule has 206 valence electrons. The molecule has 0 saturated carbocycles. The van der Waals surface area contributed by atoms with Crippen LogP contribution < -0.4 is 10.1 Å². The first-order chi connectivity index (χ1) is 17.7. The van der Waals surface area contributed by atoms with Gasteiger partial charge >= 0.3 is 6.18 Å². The summed E-state index contributed by atoms with van der Waals surface area (Å²) in [6.45, 7) is 4.05. The van der Waals surface area contributed by atoms with Crippen molar-refractivity contribution in [2.24, 2.45) is 7.05 Å². The van der Waals surface area contributed by atoms with E-state index in [1.54, 1.807) is 18.4 Å². The molecule has 0 aliphatic heterocycles. The Morgan fingerprint density at radius 2 is 1.84 bits per heavy atom. The number of alkyl halides is 3. The lowest BCUT2D eigenvalue weighted by Gasteiger charge is -2.20. The van der Waals surface area contributed by atoms with Gasteiger partial charge in [-0.3, -0.25) is 4.79 Å². The lowest BCUT2D eigenvalue weighted by atomic mass is 10.0. The van der Waals surface area contributed by atoms with E-state index < -0.39 is 29.8 Å². The number of imidazole rings is 1. The summed E-state index contributed by atoms with van der Waals surface area (Å²) in [7, 11) is 1.82. The lowest BCUT2D eigenvalue weighted by Crippen LogP contribution is -2.37. The van der Waals surface area contributed by atoms with Gasteiger partial charge in [-0.2, -0.15) is 13.2 Å². The van der Waals surface area contributed by atoms with Crippen LogP contribution >= 0.6 is 11.6 Å². The Bertz CT molecular complexity index is 1250. The number of nitrogens with zero attached hydrogens (tertiary/aromatic N) is 2. The number of aryl methyl sites for hydroxylation is 1. The van der Waals surface area contributed by atoms with Crippen molar-refractivity contribution in [2.75, 3.05) is 6.61 Å². The topological polar surface area (TPSA) is 96.6 Å². The first-order valence-electron chi connectivity index (χ1n) is 12.0. The van der Waals surface area contributed by atoms with Crippen LogP contribution in [0, 0.1) is 0 Å². The van der Waals surface area contributed by atoms with Crippen molar-refractivity contribution in [1.29, 1.82) is 0 Å². The second-order valence-electron chi connectivity index (χ2n) is 9.65. The van der Waals surface area contributed by atoms with Crippen LogP contribution in [0.2, 0.25) is 5.02 Å². The minimum absolute atomic E-state index is 0.120. The molecule has 3 N–H and O–H groups in total. The molecule has 0 spiro atoms. The molecule has 1 aromatic heterocycles. The molecule has 1 heterocycles. The van der Waals surface area contributed by atoms with Crippen LogP contribution in [0.3, 0.4) is 0 Å². The second-order valence-corrected chi connectivity index (χ2v) is 10.1. The van der Waals surface area contributed by atoms with Gasteiger partial charge in [0.1, 0.15) is 17.2 Å². The Morgan fingerprint density at radius 3 is 2.37 bits per heavy atom. The largest absolute Gasteiger partial charge is 0.480 e. The normalized spacial score (nSPS) is 13.7. The Labute approximate surface area is 224 Å². The molecule has 11 heteroatoms. The number of amides is 1. The standard InChI is InChI=1S/C27H31ClF3N3O4/c1-16(27(29,30)31)38-23-10-9-19(14-21(23)28)24(36)32-20(11-12-35)13-17-5-7-18(8-6-17)22-15-34(4)25(33-22)26(2,3)37/h5-10,14-16,20,35,37H,11-13H2,1-4H3,(H,32,36). The van der Waals surface area contributed by atoms with Crippen molar-refractivity contribution < 1.29 is 32.9 Å². The molecule has 2 unspecified atom stereocenters. The van der Waals surface area contributed by atoms with Gasteiger partial charge in [-0.15, -0.1) is 0 Å². The maximum absolute atomic E-state index is 12.8. The van der Waals surface area contributed by atoms with Crippen molar-refractivity contribution in [3.8, 4) is 17.0 Å². The first kappa shape index (κ1) is 29.5. The van der Waals surface area contributed by atoms with Gasteiger partial charge in [0.25, 0.3) is 5.91 Å². The number of hydrogen-bond acceptors (Lipinski definition) is 5. The fourth-order valence-corrected chi connectivity index (χ4v) is 4.14. The van der Waals surface area contributed by atoms with Gasteiger partial charge in [-0.1, -0.05) is 35.9 Å². The maximum Gasteiger partial charge on any atom is 0.425 e. The summed E-state index contributed by atoms with van der Waals surface area (Å²) < 4.78 is 45.0. The highest BCUT2D eigenvalue weighted by Gasteiger charge is 2.38. The smallest absolute Gasteiger partial charge is 0.425 e. The number of aliphatic hydroxyl groups excluding tert-OH is 1. The summed E-state index contributed by atoms with van der Waals surface area (Å²) in [5, 5.41) is 22.5. The number of halogens is 4. The van der Waals surface area contributed by atoms with Crippen molar-refractivity contribution in [2.45, 2.75) is 57.5 Å². The van der Waals surface area contributed by atoms with Crippen molar-refractivity contribution in [3.63, 3.8) is 0 Å². The predicted molar refractivity (Wildman–Crippen MR) is 138 cm³/mol. The number of aromatic nitrogens is 2. The van der Waals surface area contributed by atoms with E-state index in [4.69, 9.17) is 16.3 Å². The van der Waals surface area contributed by atoms with Gasteiger partial charge in [-0.05, 0) is 57.4 Å². The summed E-state index contributed by atoms with van der Waals surface area (Å²) >= 11 is 6.06. The van der Waals surface area contributed by atoms with Gasteiger partial charge in [0, 0.05) is 37.0 Å². The van der Waals surface area contributed by atoms with Crippen molar-refractivity contribution in [3.05, 3.63) is 70.6 Å². The van der Waals surface area contributed by atoms with Gasteiger partial charge in [0.2, 0.25) is 0 Å². The quantitative estimate of drug-likeness (QED) is 0.327. The third-order valence-electron chi connectivity index (χ3n) is 5.93. The number of carbonyl (C=O) groups excluding carboxylic acids is 1. The zero-order valence-corrected chi connectivity index (χ0v) is 22.3. The highest BCUT2D eigenvalue weighted by molar-refractivity contribution is 6.32. The highest BCUT2D eigenvalue weighted by Crippen LogP contribution is 2.31. The minimum atomic E-state index is -4.55. The molecule has 0 fully saturated rings. The maximum atomic E-state index is 12.8. The Morgan fingerprint density at radius 1 is 1.18 bits per heavy atom. The molecule has 3 rings (SSSR count). The molecule has 7 nitrogen and oxygen atoms in total. The monoisotopic (exact) mass is 553 g/mol. The number of ether oxygens (including phenoxy) is 1. The summed E-state index contributed by atoms with van der Waals surface area (Å²) in [5.74, 6) is -0.121. The van der Waals surface area contributed by atoms with Crippen LogP contribution in [0.5, 0.6) is 5.75 Å². The molecule has 0 aliphatic rings. The second kappa shape index (κ2) is 11.8. The van der Waals surface area contributed by atoms with E-state index in [1.807, 2.05) is 37.5 Å². The summed E-state index contributed by atoms with van der Waals surface area (Å²) in [6, 6.07) is 11.0. The van der Waals surface area contributed by atoms with E-state index in [2.05, 4.69) is 10.3 Å². The number of hydrogen-bond donors (Lipinski definition) is 3. The summed E-state index contributed by atoms with van der Waals surface area (Å²) in [6.07, 6.45) is -4.04. The van der Waals surface area contributed by atoms with Crippen LogP contribution in [0.1, 0.15) is 48.9 Å². The molecule has 2 aromatic carbocycles. The number of carbonyl (C=O) groups is 1. The van der Waals surface area contributed by atoms with Crippen LogP contribution in [-0.4, -0.2) is 50.6 Å². The van der Waals surface area contributed by atoms with Crippen molar-refractivity contribution >= 4 is 17.5 Å². The predicted octanol–water partition coefficient (Wildman–Crippen LogP) is 5.02. The molecular weight excluding hydrogens is 523 g/mol. The minimum Gasteiger partial charge on any atom is -0.480 e. The SMILES string of the molecule is CC(Oc1ccc(C(=O)NC(CCO)Cc2ccc(-c3cn(C)c(C(C)(C)O)n3)cc2)cc1Cl)C(F)(F)F. The average molecular weight is 554 g/mol. The Hall–Kier alpha value is -3.08. The van der Waals surface area contributed by atoms with E-state index in [1.165, 1.54) is 18.2 Å². The molecule has 1 amide bonds. The third kappa shape index (κ3) is 7.49. The number of nitrogens with one attached hydrogen (secondary N) is 1. The average Bonchev–Trinajstić information content (AvgIpc) is 3.22. The van der Waals surface area contributed by atoms with E-state index in [0.29, 0.717) is 24.4 Å². The molecule has 38 heavy (non-hydrogen) atoms. The van der Waals surface area contributed by atoms with Crippen LogP contribution in [0.25, 0.3) is 11.3 Å². The zero-order chi connectivity index (χ0) is 28.3. The van der Waals surface area contributed by atoms with E-state index in [9.17, 15) is 28.2 Å². The lowest BCUT2D eigenvalue weighted by molar-refractivity contribution is -0.189. The van der Waals surface area contributed by atoms with Gasteiger partial charge in [0.05, 0.1) is 10.7 Å². The molecule has 0 saturated heterocycles. The molecule has 0 bridgehead atoms. The fraction of sp³-hybridized carbons (Fsp3) is 0.407. The third-order valence-corrected chi connectivity index (χ3v) is 6.22. The first-order valence-corrected chi connectivity index (χ1v) is 12.4. The molecule has 2 atom stereocenters. The molecule has 0 radical (unpaired) electrons. The molecular formula is C27H31ClF3N3O4. The molecule has 3 aromatic rings. The highest BCUT2D eigenvalue weighted by atomic mass is 35.5. The van der Waals surface area contributed by atoms with Gasteiger partial charge < -0.3 is 24.8 Å². The summed E-state index contributed by atoms with van der Waals surface area (Å²) in [5.41, 5.74) is 1.55. The van der Waals surface area contributed by atoms with Gasteiger partial charge in [0.15, 0.2) is 6.10 Å². The number of aliphatic hydroxyl groups is 2. The number of benzene rings is 2. The number of rotatable bonds is 10. The summed E-state index contributed by atoms with van der Waals surface area (Å²) in [4.78, 5) is 17.3. The van der Waals surface area contributed by atoms with Crippen LogP contribution in [0.4, 0.5) is 13.2 Å². The van der Waals surface area contributed by atoms with E-state index in [-0.39, 0.29) is 22.9 Å². The fourth-order valence-electron chi connectivity index (χ4n) is 3.91. The van der Waals surface area contributed by atoms with Crippen molar-refractivity contribution in [1.82, 2.24) is 14.9 Å². The van der Waals surface area contributed by atoms with E-state index >= 15 is 0 Å². The Balaban J connectivity index is 1.68. The zero-order valence-electron chi connectivity index (χ0n) is 21.5. The van der Waals surface area contributed by atoms with Crippen LogP contribution in [-0.2, 0) is 19.1 Å². The molecule has 0 aliphatic carbocycles.